The Morgan fingerprint density at radius 3 is 2.95 bits per heavy atom. The van der Waals surface area contributed by atoms with Crippen LogP contribution in [0, 0.1) is 12.3 Å². The van der Waals surface area contributed by atoms with E-state index in [0.717, 1.165) is 23.4 Å². The van der Waals surface area contributed by atoms with E-state index in [2.05, 4.69) is 25.8 Å². The third kappa shape index (κ3) is 2.30. The molecule has 0 aromatic carbocycles. The fraction of sp³-hybridized carbons (Fsp3) is 0.467. The number of nitrogens with zero attached hydrogens (tertiary/aromatic N) is 2. The predicted octanol–water partition coefficient (Wildman–Crippen LogP) is 3.49. The van der Waals surface area contributed by atoms with Gasteiger partial charge in [0, 0.05) is 28.9 Å². The normalized spacial score (nSPS) is 21.2. The third-order valence-corrected chi connectivity index (χ3v) is 5.02. The van der Waals surface area contributed by atoms with Crippen LogP contribution in [0.1, 0.15) is 42.4 Å². The summed E-state index contributed by atoms with van der Waals surface area (Å²) in [5.74, 6) is 0. The molecule has 2 N–H and O–H groups in total. The van der Waals surface area contributed by atoms with Gasteiger partial charge in [-0.1, -0.05) is 13.8 Å². The van der Waals surface area contributed by atoms with Crippen molar-refractivity contribution < 1.29 is 0 Å². The molecular weight excluding hydrogens is 254 g/mol. The molecule has 1 unspecified atom stereocenters. The molecule has 0 spiro atoms. The van der Waals surface area contributed by atoms with Crippen LogP contribution in [0.15, 0.2) is 18.5 Å². The Kier molecular flexibility index (Phi) is 2.95. The molecule has 2 aromatic heterocycles. The molecule has 0 fully saturated rings. The highest BCUT2D eigenvalue weighted by Crippen LogP contribution is 2.43. The maximum Gasteiger partial charge on any atom is 0.125 e. The van der Waals surface area contributed by atoms with E-state index in [9.17, 15) is 0 Å². The van der Waals surface area contributed by atoms with Crippen molar-refractivity contribution in [3.8, 4) is 10.6 Å². The van der Waals surface area contributed by atoms with Crippen LogP contribution in [0.4, 0.5) is 0 Å². The monoisotopic (exact) mass is 273 g/mol. The number of pyridine rings is 1. The Balaban J connectivity index is 2.07. The SMILES string of the molecule is Cc1ccncc1-c1nc2c(s1)C(N)CC(C)(C)C2. The van der Waals surface area contributed by atoms with Gasteiger partial charge in [-0.05, 0) is 36.8 Å². The van der Waals surface area contributed by atoms with E-state index in [4.69, 9.17) is 10.7 Å². The molecule has 2 heterocycles. The molecule has 2 aromatic rings. The van der Waals surface area contributed by atoms with Crippen LogP contribution >= 0.6 is 11.3 Å². The number of hydrogen-bond donors (Lipinski definition) is 1. The molecule has 0 radical (unpaired) electrons. The first kappa shape index (κ1) is 12.8. The molecule has 0 aliphatic heterocycles. The molecule has 1 aliphatic rings. The first-order valence-electron chi connectivity index (χ1n) is 6.62. The lowest BCUT2D eigenvalue weighted by Gasteiger charge is -2.32. The largest absolute Gasteiger partial charge is 0.323 e. The maximum absolute atomic E-state index is 6.31. The summed E-state index contributed by atoms with van der Waals surface area (Å²) in [5, 5.41) is 1.06. The minimum Gasteiger partial charge on any atom is -0.323 e. The molecule has 3 nitrogen and oxygen atoms in total. The highest BCUT2D eigenvalue weighted by atomic mass is 32.1. The van der Waals surface area contributed by atoms with Gasteiger partial charge in [0.25, 0.3) is 0 Å². The van der Waals surface area contributed by atoms with Crippen molar-refractivity contribution in [2.24, 2.45) is 11.1 Å². The number of aryl methyl sites for hydroxylation is 1. The molecule has 100 valence electrons. The molecule has 4 heteroatoms. The second kappa shape index (κ2) is 4.39. The number of nitrogens with two attached hydrogens (primary N) is 1. The van der Waals surface area contributed by atoms with Crippen molar-refractivity contribution in [1.29, 1.82) is 0 Å². The lowest BCUT2D eigenvalue weighted by Crippen LogP contribution is -2.28. The van der Waals surface area contributed by atoms with E-state index in [-0.39, 0.29) is 11.5 Å². The second-order valence-corrected chi connectivity index (χ2v) is 7.20. The highest BCUT2D eigenvalue weighted by Gasteiger charge is 2.33. The van der Waals surface area contributed by atoms with Gasteiger partial charge in [0.1, 0.15) is 5.01 Å². The summed E-state index contributed by atoms with van der Waals surface area (Å²) < 4.78 is 0. The molecule has 0 bridgehead atoms. The van der Waals surface area contributed by atoms with E-state index in [0.29, 0.717) is 0 Å². The van der Waals surface area contributed by atoms with Crippen molar-refractivity contribution in [1.82, 2.24) is 9.97 Å². The van der Waals surface area contributed by atoms with Crippen LogP contribution in [-0.2, 0) is 6.42 Å². The summed E-state index contributed by atoms with van der Waals surface area (Å²) in [6, 6.07) is 2.15. The molecule has 0 saturated carbocycles. The summed E-state index contributed by atoms with van der Waals surface area (Å²) in [6.07, 6.45) is 5.77. The van der Waals surface area contributed by atoms with Gasteiger partial charge in [-0.3, -0.25) is 4.98 Å². The topological polar surface area (TPSA) is 51.8 Å². The zero-order valence-electron chi connectivity index (χ0n) is 11.6. The van der Waals surface area contributed by atoms with Gasteiger partial charge in [0.05, 0.1) is 5.69 Å². The Morgan fingerprint density at radius 2 is 2.21 bits per heavy atom. The van der Waals surface area contributed by atoms with Gasteiger partial charge < -0.3 is 5.73 Å². The lowest BCUT2D eigenvalue weighted by atomic mass is 9.77. The molecule has 1 aliphatic carbocycles. The van der Waals surface area contributed by atoms with Crippen LogP contribution < -0.4 is 5.73 Å². The first-order valence-corrected chi connectivity index (χ1v) is 7.44. The summed E-state index contributed by atoms with van der Waals surface area (Å²) in [7, 11) is 0. The van der Waals surface area contributed by atoms with Gasteiger partial charge in [0.2, 0.25) is 0 Å². The van der Waals surface area contributed by atoms with Crippen LogP contribution in [0.2, 0.25) is 0 Å². The summed E-state index contributed by atoms with van der Waals surface area (Å²) >= 11 is 1.74. The average molecular weight is 273 g/mol. The molecule has 0 saturated heterocycles. The molecule has 0 amide bonds. The second-order valence-electron chi connectivity index (χ2n) is 6.17. The van der Waals surface area contributed by atoms with E-state index in [1.165, 1.54) is 16.1 Å². The van der Waals surface area contributed by atoms with Gasteiger partial charge in [-0.2, -0.15) is 0 Å². The molecular formula is C15H19N3S. The Morgan fingerprint density at radius 1 is 1.42 bits per heavy atom. The maximum atomic E-state index is 6.31. The van der Waals surface area contributed by atoms with Crippen LogP contribution in [0.25, 0.3) is 10.6 Å². The quantitative estimate of drug-likeness (QED) is 0.865. The fourth-order valence-electron chi connectivity index (χ4n) is 2.80. The molecule has 3 rings (SSSR count). The highest BCUT2D eigenvalue weighted by molar-refractivity contribution is 7.15. The zero-order valence-corrected chi connectivity index (χ0v) is 12.4. The number of rotatable bonds is 1. The van der Waals surface area contributed by atoms with E-state index < -0.39 is 0 Å². The van der Waals surface area contributed by atoms with Gasteiger partial charge in [0.15, 0.2) is 0 Å². The molecule has 1 atom stereocenters. The molecule has 19 heavy (non-hydrogen) atoms. The van der Waals surface area contributed by atoms with E-state index >= 15 is 0 Å². The van der Waals surface area contributed by atoms with E-state index in [1.54, 1.807) is 11.3 Å². The van der Waals surface area contributed by atoms with Gasteiger partial charge >= 0.3 is 0 Å². The van der Waals surface area contributed by atoms with Crippen LogP contribution in [0.5, 0.6) is 0 Å². The van der Waals surface area contributed by atoms with E-state index in [1.807, 2.05) is 18.5 Å². The number of fused-ring (bicyclic) bond motifs is 1. The van der Waals surface area contributed by atoms with Crippen molar-refractivity contribution in [3.63, 3.8) is 0 Å². The van der Waals surface area contributed by atoms with Crippen molar-refractivity contribution >= 4 is 11.3 Å². The van der Waals surface area contributed by atoms with Gasteiger partial charge in [-0.25, -0.2) is 4.98 Å². The summed E-state index contributed by atoms with van der Waals surface area (Å²) in [4.78, 5) is 10.3. The number of thiazole rings is 1. The Labute approximate surface area is 117 Å². The van der Waals surface area contributed by atoms with Crippen molar-refractivity contribution in [2.45, 2.75) is 39.7 Å². The summed E-state index contributed by atoms with van der Waals surface area (Å²) in [5.41, 5.74) is 10.1. The minimum atomic E-state index is 0.127. The number of aromatic nitrogens is 2. The minimum absolute atomic E-state index is 0.127. The van der Waals surface area contributed by atoms with Crippen molar-refractivity contribution in [3.05, 3.63) is 34.6 Å². The smallest absolute Gasteiger partial charge is 0.125 e. The zero-order chi connectivity index (χ0) is 13.6. The average Bonchev–Trinajstić information content (AvgIpc) is 2.71. The Bertz CT molecular complexity index is 616. The standard InChI is InChI=1S/C15H19N3S/c1-9-4-5-17-8-10(9)14-18-12-7-15(2,3)6-11(16)13(12)19-14/h4-5,8,11H,6-7,16H2,1-3H3. The van der Waals surface area contributed by atoms with Crippen LogP contribution in [-0.4, -0.2) is 9.97 Å². The van der Waals surface area contributed by atoms with Crippen LogP contribution in [0.3, 0.4) is 0 Å². The lowest BCUT2D eigenvalue weighted by molar-refractivity contribution is 0.282. The number of hydrogen-bond acceptors (Lipinski definition) is 4. The Hall–Kier alpha value is -1.26. The predicted molar refractivity (Wildman–Crippen MR) is 79.1 cm³/mol. The first-order chi connectivity index (χ1) is 8.96. The summed E-state index contributed by atoms with van der Waals surface area (Å²) in [6.45, 7) is 6.63. The van der Waals surface area contributed by atoms with Crippen molar-refractivity contribution in [2.75, 3.05) is 0 Å². The fourth-order valence-corrected chi connectivity index (χ4v) is 3.95. The third-order valence-electron chi connectivity index (χ3n) is 3.75. The van der Waals surface area contributed by atoms with Gasteiger partial charge in [-0.15, -0.1) is 11.3 Å².